The summed E-state index contributed by atoms with van der Waals surface area (Å²) in [6.07, 6.45) is 2.86. The Morgan fingerprint density at radius 2 is 1.78 bits per heavy atom. The first-order valence-electron chi connectivity index (χ1n) is 9.09. The van der Waals surface area contributed by atoms with Crippen molar-refractivity contribution in [1.82, 2.24) is 4.90 Å². The SMILES string of the molecule is CC1=NN(c2ccccc2)C(=O)/C1=C\c1ccc(OCCCN(C)C)cc1. The summed E-state index contributed by atoms with van der Waals surface area (Å²) in [6.45, 7) is 3.55. The summed E-state index contributed by atoms with van der Waals surface area (Å²) in [7, 11) is 4.10. The van der Waals surface area contributed by atoms with Gasteiger partial charge in [0.25, 0.3) is 5.91 Å². The molecule has 0 radical (unpaired) electrons. The van der Waals surface area contributed by atoms with Crippen LogP contribution >= 0.6 is 0 Å². The van der Waals surface area contributed by atoms with Gasteiger partial charge in [0.1, 0.15) is 5.75 Å². The monoisotopic (exact) mass is 363 g/mol. The standard InChI is InChI=1S/C22H25N3O2/c1-17-21(22(26)25(23-17)19-8-5-4-6-9-19)16-18-10-12-20(13-11-18)27-15-7-14-24(2)3/h4-6,8-13,16H,7,14-15H2,1-3H3/b21-16-. The van der Waals surface area contributed by atoms with Gasteiger partial charge in [-0.3, -0.25) is 4.79 Å². The number of amides is 1. The van der Waals surface area contributed by atoms with Gasteiger partial charge >= 0.3 is 0 Å². The molecule has 1 aliphatic rings. The van der Waals surface area contributed by atoms with Crippen molar-refractivity contribution in [2.45, 2.75) is 13.3 Å². The first-order valence-corrected chi connectivity index (χ1v) is 9.09. The van der Waals surface area contributed by atoms with Crippen LogP contribution in [-0.4, -0.2) is 43.8 Å². The Hall–Kier alpha value is -2.92. The van der Waals surface area contributed by atoms with Crippen molar-refractivity contribution in [2.24, 2.45) is 5.10 Å². The van der Waals surface area contributed by atoms with Crippen molar-refractivity contribution in [2.75, 3.05) is 32.3 Å². The van der Waals surface area contributed by atoms with Crippen molar-refractivity contribution in [3.05, 3.63) is 65.7 Å². The molecular weight excluding hydrogens is 338 g/mol. The Kier molecular flexibility index (Phi) is 6.04. The van der Waals surface area contributed by atoms with E-state index in [0.29, 0.717) is 17.9 Å². The molecule has 0 saturated carbocycles. The summed E-state index contributed by atoms with van der Waals surface area (Å²) in [4.78, 5) is 14.9. The molecule has 140 valence electrons. The number of para-hydroxylation sites is 1. The van der Waals surface area contributed by atoms with Gasteiger partial charge in [-0.25, -0.2) is 0 Å². The molecule has 0 aliphatic carbocycles. The molecule has 0 unspecified atom stereocenters. The van der Waals surface area contributed by atoms with Crippen molar-refractivity contribution in [1.29, 1.82) is 0 Å². The Balaban J connectivity index is 1.66. The van der Waals surface area contributed by atoms with E-state index in [4.69, 9.17) is 4.74 Å². The van der Waals surface area contributed by atoms with Crippen LogP contribution in [0.3, 0.4) is 0 Å². The minimum Gasteiger partial charge on any atom is -0.494 e. The normalized spacial score (nSPS) is 15.6. The molecule has 1 amide bonds. The zero-order chi connectivity index (χ0) is 19.2. The molecule has 0 N–H and O–H groups in total. The van der Waals surface area contributed by atoms with E-state index in [9.17, 15) is 4.79 Å². The summed E-state index contributed by atoms with van der Waals surface area (Å²) in [6, 6.07) is 17.2. The molecule has 0 fully saturated rings. The number of anilines is 1. The number of nitrogens with zero attached hydrogens (tertiary/aromatic N) is 3. The highest BCUT2D eigenvalue weighted by molar-refractivity contribution is 6.32. The Labute approximate surface area is 160 Å². The average Bonchev–Trinajstić information content (AvgIpc) is 2.95. The zero-order valence-electron chi connectivity index (χ0n) is 16.1. The maximum atomic E-state index is 12.7. The number of hydrazone groups is 1. The van der Waals surface area contributed by atoms with Crippen LogP contribution in [0.5, 0.6) is 5.75 Å². The van der Waals surface area contributed by atoms with Crippen molar-refractivity contribution in [3.63, 3.8) is 0 Å². The van der Waals surface area contributed by atoms with Gasteiger partial charge in [0.15, 0.2) is 0 Å². The van der Waals surface area contributed by atoms with Crippen LogP contribution in [-0.2, 0) is 4.79 Å². The van der Waals surface area contributed by atoms with Crippen LogP contribution in [0.25, 0.3) is 6.08 Å². The third-order valence-electron chi connectivity index (χ3n) is 4.27. The van der Waals surface area contributed by atoms with Crippen molar-refractivity contribution < 1.29 is 9.53 Å². The predicted octanol–water partition coefficient (Wildman–Crippen LogP) is 3.82. The van der Waals surface area contributed by atoms with Gasteiger partial charge in [-0.2, -0.15) is 10.1 Å². The van der Waals surface area contributed by atoms with Gasteiger partial charge in [0.05, 0.1) is 23.6 Å². The molecule has 0 aromatic heterocycles. The van der Waals surface area contributed by atoms with E-state index in [0.717, 1.165) is 30.0 Å². The van der Waals surface area contributed by atoms with E-state index < -0.39 is 0 Å². The van der Waals surface area contributed by atoms with Crippen molar-refractivity contribution >= 4 is 23.4 Å². The second-order valence-electron chi connectivity index (χ2n) is 6.77. The molecule has 27 heavy (non-hydrogen) atoms. The highest BCUT2D eigenvalue weighted by Crippen LogP contribution is 2.25. The number of rotatable bonds is 7. The third-order valence-corrected chi connectivity index (χ3v) is 4.27. The lowest BCUT2D eigenvalue weighted by Crippen LogP contribution is -2.21. The number of hydrogen-bond donors (Lipinski definition) is 0. The van der Waals surface area contributed by atoms with Crippen LogP contribution in [0, 0.1) is 0 Å². The van der Waals surface area contributed by atoms with Gasteiger partial charge in [-0.15, -0.1) is 0 Å². The smallest absolute Gasteiger partial charge is 0.280 e. The Morgan fingerprint density at radius 1 is 1.07 bits per heavy atom. The molecule has 5 nitrogen and oxygen atoms in total. The summed E-state index contributed by atoms with van der Waals surface area (Å²) < 4.78 is 5.75. The Morgan fingerprint density at radius 3 is 2.44 bits per heavy atom. The van der Waals surface area contributed by atoms with Gasteiger partial charge in [0, 0.05) is 6.54 Å². The van der Waals surface area contributed by atoms with Gasteiger partial charge < -0.3 is 9.64 Å². The molecule has 1 heterocycles. The topological polar surface area (TPSA) is 45.1 Å². The van der Waals surface area contributed by atoms with Crippen LogP contribution < -0.4 is 9.75 Å². The van der Waals surface area contributed by atoms with Gasteiger partial charge in [0.2, 0.25) is 0 Å². The number of hydrogen-bond acceptors (Lipinski definition) is 4. The largest absolute Gasteiger partial charge is 0.494 e. The van der Waals surface area contributed by atoms with Crippen LogP contribution in [0.15, 0.2) is 65.3 Å². The quantitative estimate of drug-likeness (QED) is 0.555. The average molecular weight is 363 g/mol. The van der Waals surface area contributed by atoms with E-state index in [1.54, 1.807) is 0 Å². The molecule has 2 aromatic rings. The second kappa shape index (κ2) is 8.64. The minimum atomic E-state index is -0.109. The highest BCUT2D eigenvalue weighted by Gasteiger charge is 2.28. The van der Waals surface area contributed by atoms with E-state index >= 15 is 0 Å². The molecule has 2 aromatic carbocycles. The maximum Gasteiger partial charge on any atom is 0.280 e. The van der Waals surface area contributed by atoms with Gasteiger partial charge in [-0.1, -0.05) is 30.3 Å². The van der Waals surface area contributed by atoms with E-state index in [1.165, 1.54) is 5.01 Å². The molecule has 0 spiro atoms. The van der Waals surface area contributed by atoms with Crippen LogP contribution in [0.1, 0.15) is 18.9 Å². The molecular formula is C22H25N3O2. The first kappa shape index (κ1) is 18.9. The van der Waals surface area contributed by atoms with E-state index in [-0.39, 0.29) is 5.91 Å². The molecule has 1 aliphatic heterocycles. The fourth-order valence-electron chi connectivity index (χ4n) is 2.83. The van der Waals surface area contributed by atoms with Crippen molar-refractivity contribution in [3.8, 4) is 5.75 Å². The van der Waals surface area contributed by atoms with E-state index in [1.807, 2.05) is 67.6 Å². The first-order chi connectivity index (χ1) is 13.0. The summed E-state index contributed by atoms with van der Waals surface area (Å²) in [5.41, 5.74) is 3.04. The highest BCUT2D eigenvalue weighted by atomic mass is 16.5. The number of carbonyl (C=O) groups excluding carboxylic acids is 1. The lowest BCUT2D eigenvalue weighted by atomic mass is 10.1. The van der Waals surface area contributed by atoms with Crippen LogP contribution in [0.2, 0.25) is 0 Å². The lowest BCUT2D eigenvalue weighted by Gasteiger charge is -2.11. The fraction of sp³-hybridized carbons (Fsp3) is 0.273. The molecule has 0 bridgehead atoms. The van der Waals surface area contributed by atoms with Crippen LogP contribution in [0.4, 0.5) is 5.69 Å². The molecule has 0 atom stereocenters. The zero-order valence-corrected chi connectivity index (χ0v) is 16.1. The Bertz CT molecular complexity index is 840. The second-order valence-corrected chi connectivity index (χ2v) is 6.77. The summed E-state index contributed by atoms with van der Waals surface area (Å²) in [5.74, 6) is 0.729. The molecule has 0 saturated heterocycles. The lowest BCUT2D eigenvalue weighted by molar-refractivity contribution is -0.114. The minimum absolute atomic E-state index is 0.109. The summed E-state index contributed by atoms with van der Waals surface area (Å²) >= 11 is 0. The molecule has 5 heteroatoms. The summed E-state index contributed by atoms with van der Waals surface area (Å²) in [5, 5.41) is 5.85. The fourth-order valence-corrected chi connectivity index (χ4v) is 2.83. The predicted molar refractivity (Wildman–Crippen MR) is 110 cm³/mol. The number of carbonyl (C=O) groups is 1. The third kappa shape index (κ3) is 4.83. The number of benzene rings is 2. The maximum absolute atomic E-state index is 12.7. The molecule has 3 rings (SSSR count). The van der Waals surface area contributed by atoms with Gasteiger partial charge in [-0.05, 0) is 63.3 Å². The van der Waals surface area contributed by atoms with E-state index in [2.05, 4.69) is 24.1 Å². The number of ether oxygens (including phenoxy) is 1.